The first-order chi connectivity index (χ1) is 15.0. The SMILES string of the molecule is O=C(OCc1coc(-c2ccccc2)n1)c1cccc(S(=O)(=O)NCc2cccs2)c1. The molecule has 0 atom stereocenters. The maximum absolute atomic E-state index is 12.5. The molecule has 0 fully saturated rings. The van der Waals surface area contributed by atoms with Gasteiger partial charge in [-0.25, -0.2) is 22.9 Å². The van der Waals surface area contributed by atoms with E-state index in [1.165, 1.54) is 41.9 Å². The highest BCUT2D eigenvalue weighted by Gasteiger charge is 2.17. The molecule has 0 aliphatic heterocycles. The van der Waals surface area contributed by atoms with Gasteiger partial charge in [-0.05, 0) is 41.8 Å². The molecule has 1 N–H and O–H groups in total. The molecule has 0 unspecified atom stereocenters. The minimum absolute atomic E-state index is 0.00805. The number of hydrogen-bond donors (Lipinski definition) is 1. The lowest BCUT2D eigenvalue weighted by Gasteiger charge is -2.08. The predicted octanol–water partition coefficient (Wildman–Crippen LogP) is 4.24. The number of nitrogens with zero attached hydrogens (tertiary/aromatic N) is 1. The molecule has 4 rings (SSSR count). The van der Waals surface area contributed by atoms with Gasteiger partial charge in [0.25, 0.3) is 0 Å². The standard InChI is InChI=1S/C22H18N2O5S2/c25-22(29-15-18-14-28-21(24-18)16-6-2-1-3-7-16)17-8-4-10-20(12-17)31(26,27)23-13-19-9-5-11-30-19/h1-12,14,23H,13,15H2. The number of carbonyl (C=O) groups is 1. The summed E-state index contributed by atoms with van der Waals surface area (Å²) in [7, 11) is -3.77. The van der Waals surface area contributed by atoms with Gasteiger partial charge in [-0.1, -0.05) is 30.3 Å². The highest BCUT2D eigenvalue weighted by atomic mass is 32.2. The Hall–Kier alpha value is -3.27. The number of ether oxygens (including phenoxy) is 1. The summed E-state index contributed by atoms with van der Waals surface area (Å²) < 4.78 is 38.3. The molecule has 0 radical (unpaired) electrons. The molecule has 31 heavy (non-hydrogen) atoms. The lowest BCUT2D eigenvalue weighted by molar-refractivity contribution is 0.0467. The van der Waals surface area contributed by atoms with Crippen molar-refractivity contribution in [2.75, 3.05) is 0 Å². The topological polar surface area (TPSA) is 98.5 Å². The zero-order valence-corrected chi connectivity index (χ0v) is 17.9. The Morgan fingerprint density at radius 3 is 2.68 bits per heavy atom. The van der Waals surface area contributed by atoms with E-state index in [0.29, 0.717) is 11.6 Å². The summed E-state index contributed by atoms with van der Waals surface area (Å²) in [6.07, 6.45) is 1.42. The number of rotatable bonds is 8. The number of thiophene rings is 1. The summed E-state index contributed by atoms with van der Waals surface area (Å²) in [6.45, 7) is 0.0906. The summed E-state index contributed by atoms with van der Waals surface area (Å²) in [5, 5.41) is 1.87. The monoisotopic (exact) mass is 454 g/mol. The first-order valence-corrected chi connectivity index (χ1v) is 11.7. The fourth-order valence-electron chi connectivity index (χ4n) is 2.76. The van der Waals surface area contributed by atoms with E-state index in [1.807, 2.05) is 47.8 Å². The average Bonchev–Trinajstić information content (AvgIpc) is 3.49. The number of benzene rings is 2. The number of esters is 1. The fourth-order valence-corrected chi connectivity index (χ4v) is 4.55. The Kier molecular flexibility index (Phi) is 6.26. The van der Waals surface area contributed by atoms with Crippen LogP contribution in [0.2, 0.25) is 0 Å². The normalized spacial score (nSPS) is 11.4. The van der Waals surface area contributed by atoms with E-state index < -0.39 is 16.0 Å². The van der Waals surface area contributed by atoms with Crippen molar-refractivity contribution in [2.24, 2.45) is 0 Å². The number of hydrogen-bond acceptors (Lipinski definition) is 7. The summed E-state index contributed by atoms with van der Waals surface area (Å²) in [6, 6.07) is 18.8. The Morgan fingerprint density at radius 2 is 1.90 bits per heavy atom. The maximum Gasteiger partial charge on any atom is 0.338 e. The molecule has 2 aromatic heterocycles. The lowest BCUT2D eigenvalue weighted by atomic mass is 10.2. The molecule has 0 saturated carbocycles. The average molecular weight is 455 g/mol. The summed E-state index contributed by atoms with van der Waals surface area (Å²) in [5.41, 5.74) is 1.40. The maximum atomic E-state index is 12.5. The quantitative estimate of drug-likeness (QED) is 0.400. The van der Waals surface area contributed by atoms with Crippen LogP contribution in [-0.4, -0.2) is 19.4 Å². The predicted molar refractivity (Wildman–Crippen MR) is 116 cm³/mol. The van der Waals surface area contributed by atoms with Gasteiger partial charge in [-0.3, -0.25) is 0 Å². The van der Waals surface area contributed by atoms with E-state index >= 15 is 0 Å². The van der Waals surface area contributed by atoms with E-state index in [0.717, 1.165) is 10.4 Å². The highest BCUT2D eigenvalue weighted by Crippen LogP contribution is 2.19. The van der Waals surface area contributed by atoms with Crippen LogP contribution in [0.15, 0.2) is 87.7 Å². The van der Waals surface area contributed by atoms with E-state index in [2.05, 4.69) is 9.71 Å². The van der Waals surface area contributed by atoms with Gasteiger partial charge in [-0.2, -0.15) is 0 Å². The van der Waals surface area contributed by atoms with Crippen LogP contribution < -0.4 is 4.72 Å². The number of carbonyl (C=O) groups excluding carboxylic acids is 1. The van der Waals surface area contributed by atoms with Crippen LogP contribution in [0.5, 0.6) is 0 Å². The molecule has 2 heterocycles. The molecule has 9 heteroatoms. The van der Waals surface area contributed by atoms with Crippen LogP contribution in [0, 0.1) is 0 Å². The summed E-state index contributed by atoms with van der Waals surface area (Å²) in [4.78, 5) is 17.6. The number of sulfonamides is 1. The van der Waals surface area contributed by atoms with Gasteiger partial charge in [0.1, 0.15) is 18.6 Å². The van der Waals surface area contributed by atoms with Crippen molar-refractivity contribution < 1.29 is 22.4 Å². The van der Waals surface area contributed by atoms with Crippen LogP contribution in [0.1, 0.15) is 20.9 Å². The van der Waals surface area contributed by atoms with Gasteiger partial charge in [0.2, 0.25) is 15.9 Å². The highest BCUT2D eigenvalue weighted by molar-refractivity contribution is 7.89. The third kappa shape index (κ3) is 5.26. The van der Waals surface area contributed by atoms with Crippen molar-refractivity contribution in [3.8, 4) is 11.5 Å². The zero-order valence-electron chi connectivity index (χ0n) is 16.2. The second-order valence-electron chi connectivity index (χ2n) is 6.52. The molecule has 0 aliphatic carbocycles. The van der Waals surface area contributed by atoms with Crippen molar-refractivity contribution >= 4 is 27.3 Å². The van der Waals surface area contributed by atoms with E-state index in [1.54, 1.807) is 0 Å². The van der Waals surface area contributed by atoms with Gasteiger partial charge in [0.15, 0.2) is 0 Å². The van der Waals surface area contributed by atoms with Crippen molar-refractivity contribution in [3.05, 3.63) is 94.5 Å². The second kappa shape index (κ2) is 9.25. The first kappa shape index (κ1) is 21.0. The smallest absolute Gasteiger partial charge is 0.338 e. The van der Waals surface area contributed by atoms with Crippen LogP contribution >= 0.6 is 11.3 Å². The van der Waals surface area contributed by atoms with E-state index in [9.17, 15) is 13.2 Å². The Morgan fingerprint density at radius 1 is 1.06 bits per heavy atom. The minimum Gasteiger partial charge on any atom is -0.455 e. The molecule has 0 aliphatic rings. The molecular weight excluding hydrogens is 436 g/mol. The second-order valence-corrected chi connectivity index (χ2v) is 9.32. The Labute approximate surface area is 183 Å². The van der Waals surface area contributed by atoms with Crippen LogP contribution in [0.3, 0.4) is 0 Å². The largest absolute Gasteiger partial charge is 0.455 e. The first-order valence-electron chi connectivity index (χ1n) is 9.30. The molecule has 158 valence electrons. The van der Waals surface area contributed by atoms with E-state index in [4.69, 9.17) is 9.15 Å². The minimum atomic E-state index is -3.77. The van der Waals surface area contributed by atoms with Crippen molar-refractivity contribution in [1.29, 1.82) is 0 Å². The van der Waals surface area contributed by atoms with Crippen LogP contribution in [0.25, 0.3) is 11.5 Å². The zero-order chi connectivity index (χ0) is 21.7. The van der Waals surface area contributed by atoms with Gasteiger partial charge in [0.05, 0.1) is 10.5 Å². The fraction of sp³-hybridized carbons (Fsp3) is 0.0909. The molecular formula is C22H18N2O5S2. The van der Waals surface area contributed by atoms with Crippen molar-refractivity contribution in [2.45, 2.75) is 18.0 Å². The van der Waals surface area contributed by atoms with Gasteiger partial charge in [-0.15, -0.1) is 11.3 Å². The van der Waals surface area contributed by atoms with Crippen molar-refractivity contribution in [1.82, 2.24) is 9.71 Å². The summed E-state index contributed by atoms with van der Waals surface area (Å²) in [5.74, 6) is -0.226. The third-order valence-electron chi connectivity index (χ3n) is 4.32. The van der Waals surface area contributed by atoms with Gasteiger partial charge >= 0.3 is 5.97 Å². The molecule has 0 amide bonds. The number of oxazole rings is 1. The lowest BCUT2D eigenvalue weighted by Crippen LogP contribution is -2.23. The number of aromatic nitrogens is 1. The molecule has 4 aromatic rings. The Bertz CT molecular complexity index is 1270. The van der Waals surface area contributed by atoms with E-state index in [-0.39, 0.29) is 23.6 Å². The third-order valence-corrected chi connectivity index (χ3v) is 6.60. The number of nitrogens with one attached hydrogen (secondary N) is 1. The molecule has 7 nitrogen and oxygen atoms in total. The molecule has 0 bridgehead atoms. The van der Waals surface area contributed by atoms with Gasteiger partial charge < -0.3 is 9.15 Å². The summed E-state index contributed by atoms with van der Waals surface area (Å²) >= 11 is 1.46. The van der Waals surface area contributed by atoms with Crippen LogP contribution in [-0.2, 0) is 27.9 Å². The Balaban J connectivity index is 1.39. The van der Waals surface area contributed by atoms with Gasteiger partial charge in [0, 0.05) is 17.0 Å². The molecule has 0 saturated heterocycles. The van der Waals surface area contributed by atoms with Crippen molar-refractivity contribution in [3.63, 3.8) is 0 Å². The molecule has 0 spiro atoms. The van der Waals surface area contributed by atoms with Crippen LogP contribution in [0.4, 0.5) is 0 Å². The molecule has 2 aromatic carbocycles.